The summed E-state index contributed by atoms with van der Waals surface area (Å²) in [5.74, 6) is -0.230. The van der Waals surface area contributed by atoms with Crippen LogP contribution in [0.5, 0.6) is 0 Å². The van der Waals surface area contributed by atoms with Gasteiger partial charge in [-0.3, -0.25) is 4.79 Å². The maximum Gasteiger partial charge on any atom is 0.319 e. The third kappa shape index (κ3) is 4.81. The number of likely N-dealkylation sites (N-methyl/N-ethyl adjacent to an activating group) is 1. The first kappa shape index (κ1) is 12.0. The van der Waals surface area contributed by atoms with Gasteiger partial charge < -0.3 is 10.1 Å². The fraction of sp³-hybridized carbons (Fsp3) is 0.364. The van der Waals surface area contributed by atoms with Crippen LogP contribution in [-0.4, -0.2) is 26.2 Å². The predicted molar refractivity (Wildman–Crippen MR) is 60.0 cm³/mol. The lowest BCUT2D eigenvalue weighted by Gasteiger charge is -2.04. The van der Waals surface area contributed by atoms with Crippen molar-refractivity contribution < 1.29 is 9.53 Å². The molecule has 0 aromatic heterocycles. The van der Waals surface area contributed by atoms with Crippen LogP contribution in [-0.2, 0) is 16.0 Å². The van der Waals surface area contributed by atoms with Gasteiger partial charge in [-0.25, -0.2) is 0 Å². The lowest BCUT2D eigenvalue weighted by atomic mass is 10.2. The molecule has 1 aromatic carbocycles. The molecule has 0 fully saturated rings. The molecule has 4 heteroatoms. The number of esters is 1. The van der Waals surface area contributed by atoms with Gasteiger partial charge in [0.25, 0.3) is 0 Å². The van der Waals surface area contributed by atoms with Crippen LogP contribution < -0.4 is 5.32 Å². The molecular weight excluding hydrogens is 214 g/mol. The number of hydrogen-bond acceptors (Lipinski definition) is 3. The number of ether oxygens (including phenoxy) is 1. The van der Waals surface area contributed by atoms with E-state index < -0.39 is 0 Å². The van der Waals surface area contributed by atoms with Crippen LogP contribution in [0.25, 0.3) is 0 Å². The minimum Gasteiger partial charge on any atom is -0.464 e. The Kier molecular flexibility index (Phi) is 5.15. The zero-order valence-corrected chi connectivity index (χ0v) is 9.38. The smallest absolute Gasteiger partial charge is 0.319 e. The average molecular weight is 228 g/mol. The van der Waals surface area contributed by atoms with Crippen molar-refractivity contribution in [3.63, 3.8) is 0 Å². The van der Waals surface area contributed by atoms with Crippen molar-refractivity contribution in [1.82, 2.24) is 5.32 Å². The Morgan fingerprint density at radius 2 is 2.07 bits per heavy atom. The number of nitrogens with one attached hydrogen (secondary N) is 1. The molecule has 0 bridgehead atoms. The number of benzene rings is 1. The molecule has 0 saturated heterocycles. The second kappa shape index (κ2) is 6.43. The van der Waals surface area contributed by atoms with Gasteiger partial charge in [-0.2, -0.15) is 0 Å². The molecule has 0 radical (unpaired) electrons. The minimum atomic E-state index is -0.230. The first-order chi connectivity index (χ1) is 7.22. The van der Waals surface area contributed by atoms with E-state index in [1.54, 1.807) is 7.05 Å². The molecular formula is C11H14ClNO2. The highest BCUT2D eigenvalue weighted by Gasteiger charge is 2.00. The van der Waals surface area contributed by atoms with Gasteiger partial charge in [0.2, 0.25) is 0 Å². The fourth-order valence-electron chi connectivity index (χ4n) is 1.13. The first-order valence-corrected chi connectivity index (χ1v) is 5.15. The minimum absolute atomic E-state index is 0.230. The molecule has 1 N–H and O–H groups in total. The van der Waals surface area contributed by atoms with E-state index in [4.69, 9.17) is 16.3 Å². The van der Waals surface area contributed by atoms with Gasteiger partial charge in [0.05, 0.1) is 13.2 Å². The molecule has 0 unspecified atom stereocenters. The van der Waals surface area contributed by atoms with Gasteiger partial charge in [0.15, 0.2) is 0 Å². The second-order valence-corrected chi connectivity index (χ2v) is 3.56. The van der Waals surface area contributed by atoms with Crippen molar-refractivity contribution in [3.05, 3.63) is 34.9 Å². The quantitative estimate of drug-likeness (QED) is 0.778. The summed E-state index contributed by atoms with van der Waals surface area (Å²) in [6, 6.07) is 7.50. The summed E-state index contributed by atoms with van der Waals surface area (Å²) >= 11 is 5.74. The summed E-state index contributed by atoms with van der Waals surface area (Å²) in [4.78, 5) is 11.0. The van der Waals surface area contributed by atoms with E-state index in [1.165, 1.54) is 0 Å². The summed E-state index contributed by atoms with van der Waals surface area (Å²) < 4.78 is 4.98. The van der Waals surface area contributed by atoms with E-state index in [0.717, 1.165) is 5.56 Å². The van der Waals surface area contributed by atoms with Crippen molar-refractivity contribution in [2.75, 3.05) is 20.2 Å². The van der Waals surface area contributed by atoms with Crippen LogP contribution in [0.2, 0.25) is 5.02 Å². The first-order valence-electron chi connectivity index (χ1n) is 4.77. The average Bonchev–Trinajstić information content (AvgIpc) is 2.21. The molecule has 0 saturated carbocycles. The normalized spacial score (nSPS) is 10.0. The Balaban J connectivity index is 2.26. The maximum absolute atomic E-state index is 11.0. The molecule has 82 valence electrons. The van der Waals surface area contributed by atoms with E-state index in [9.17, 15) is 4.79 Å². The molecule has 0 spiro atoms. The van der Waals surface area contributed by atoms with Gasteiger partial charge in [-0.15, -0.1) is 0 Å². The van der Waals surface area contributed by atoms with Crippen LogP contribution in [0.1, 0.15) is 5.56 Å². The van der Waals surface area contributed by atoms with Crippen molar-refractivity contribution in [2.24, 2.45) is 0 Å². The Labute approximate surface area is 94.4 Å². The Morgan fingerprint density at radius 1 is 1.40 bits per heavy atom. The molecule has 15 heavy (non-hydrogen) atoms. The largest absolute Gasteiger partial charge is 0.464 e. The monoisotopic (exact) mass is 227 g/mol. The molecule has 0 aliphatic heterocycles. The summed E-state index contributed by atoms with van der Waals surface area (Å²) in [6.07, 6.45) is 0.715. The van der Waals surface area contributed by atoms with Crippen molar-refractivity contribution >= 4 is 17.6 Å². The Morgan fingerprint density at radius 3 is 2.67 bits per heavy atom. The van der Waals surface area contributed by atoms with E-state index >= 15 is 0 Å². The molecule has 0 aliphatic carbocycles. The number of carbonyl (C=O) groups is 1. The topological polar surface area (TPSA) is 38.3 Å². The number of hydrogen-bond donors (Lipinski definition) is 1. The van der Waals surface area contributed by atoms with Crippen LogP contribution in [0.3, 0.4) is 0 Å². The summed E-state index contributed by atoms with van der Waals surface area (Å²) in [6.45, 7) is 0.656. The van der Waals surface area contributed by atoms with Crippen molar-refractivity contribution in [3.8, 4) is 0 Å². The van der Waals surface area contributed by atoms with E-state index in [2.05, 4.69) is 5.32 Å². The Hall–Kier alpha value is -1.06. The lowest BCUT2D eigenvalue weighted by Crippen LogP contribution is -2.21. The van der Waals surface area contributed by atoms with E-state index in [-0.39, 0.29) is 12.5 Å². The molecule has 1 rings (SSSR count). The van der Waals surface area contributed by atoms with Gasteiger partial charge in [-0.1, -0.05) is 23.7 Å². The molecule has 3 nitrogen and oxygen atoms in total. The fourth-order valence-corrected chi connectivity index (χ4v) is 1.26. The van der Waals surface area contributed by atoms with Gasteiger partial charge in [0.1, 0.15) is 0 Å². The van der Waals surface area contributed by atoms with E-state index in [0.29, 0.717) is 18.1 Å². The van der Waals surface area contributed by atoms with Gasteiger partial charge in [0, 0.05) is 11.4 Å². The third-order valence-corrected chi connectivity index (χ3v) is 2.14. The molecule has 0 aliphatic rings. The molecule has 1 aromatic rings. The SMILES string of the molecule is CNCC(=O)OCCc1ccc(Cl)cc1. The lowest BCUT2D eigenvalue weighted by molar-refractivity contribution is -0.142. The van der Waals surface area contributed by atoms with Crippen LogP contribution in [0.15, 0.2) is 24.3 Å². The van der Waals surface area contributed by atoms with Crippen LogP contribution in [0.4, 0.5) is 0 Å². The third-order valence-electron chi connectivity index (χ3n) is 1.89. The van der Waals surface area contributed by atoms with Crippen LogP contribution in [0, 0.1) is 0 Å². The number of carbonyl (C=O) groups excluding carboxylic acids is 1. The van der Waals surface area contributed by atoms with Crippen molar-refractivity contribution in [2.45, 2.75) is 6.42 Å². The summed E-state index contributed by atoms with van der Waals surface area (Å²) in [5, 5.41) is 3.45. The standard InChI is InChI=1S/C11H14ClNO2/c1-13-8-11(14)15-7-6-9-2-4-10(12)5-3-9/h2-5,13H,6-8H2,1H3. The molecule has 0 atom stereocenters. The predicted octanol–water partition coefficient (Wildman–Crippen LogP) is 1.65. The zero-order chi connectivity index (χ0) is 11.1. The second-order valence-electron chi connectivity index (χ2n) is 3.13. The van der Waals surface area contributed by atoms with E-state index in [1.807, 2.05) is 24.3 Å². The molecule has 0 heterocycles. The highest BCUT2D eigenvalue weighted by atomic mass is 35.5. The number of halogens is 1. The number of rotatable bonds is 5. The highest BCUT2D eigenvalue weighted by Crippen LogP contribution is 2.09. The Bertz CT molecular complexity index is 311. The van der Waals surface area contributed by atoms with Gasteiger partial charge in [-0.05, 0) is 24.7 Å². The highest BCUT2D eigenvalue weighted by molar-refractivity contribution is 6.30. The van der Waals surface area contributed by atoms with Gasteiger partial charge >= 0.3 is 5.97 Å². The maximum atomic E-state index is 11.0. The summed E-state index contributed by atoms with van der Waals surface area (Å²) in [7, 11) is 1.71. The molecule has 0 amide bonds. The summed E-state index contributed by atoms with van der Waals surface area (Å²) in [5.41, 5.74) is 1.11. The van der Waals surface area contributed by atoms with Crippen molar-refractivity contribution in [1.29, 1.82) is 0 Å². The van der Waals surface area contributed by atoms with Crippen LogP contribution >= 0.6 is 11.6 Å². The zero-order valence-electron chi connectivity index (χ0n) is 8.63.